The lowest BCUT2D eigenvalue weighted by Gasteiger charge is -2.26. The number of nitrogens with zero attached hydrogens (tertiary/aromatic N) is 1. The van der Waals surface area contributed by atoms with Crippen LogP contribution in [0.4, 0.5) is 0 Å². The number of aromatic amines is 1. The molecular formula is C12H10N2O5. The summed E-state index contributed by atoms with van der Waals surface area (Å²) in [6.45, 7) is 0.0573. The molecule has 0 radical (unpaired) electrons. The van der Waals surface area contributed by atoms with Crippen molar-refractivity contribution in [1.82, 2.24) is 9.55 Å². The lowest BCUT2D eigenvalue weighted by molar-refractivity contribution is -0.138. The molecule has 7 nitrogen and oxygen atoms in total. The van der Waals surface area contributed by atoms with Crippen LogP contribution >= 0.6 is 0 Å². The van der Waals surface area contributed by atoms with Crippen molar-refractivity contribution in [3.8, 4) is 5.75 Å². The van der Waals surface area contributed by atoms with Gasteiger partial charge < -0.3 is 14.8 Å². The second kappa shape index (κ2) is 3.98. The normalized spacial score (nSPS) is 17.2. The third-order valence-corrected chi connectivity index (χ3v) is 3.11. The molecule has 3 rings (SSSR count). The molecule has 1 aliphatic rings. The van der Waals surface area contributed by atoms with E-state index in [1.54, 1.807) is 18.2 Å². The second-order valence-corrected chi connectivity index (χ2v) is 4.34. The van der Waals surface area contributed by atoms with E-state index in [-0.39, 0.29) is 13.0 Å². The van der Waals surface area contributed by atoms with E-state index in [0.29, 0.717) is 16.8 Å². The molecule has 2 N–H and O–H groups in total. The van der Waals surface area contributed by atoms with E-state index < -0.39 is 23.1 Å². The maximum absolute atomic E-state index is 12.0. The summed E-state index contributed by atoms with van der Waals surface area (Å²) >= 11 is 0. The number of aliphatic carboxylic acids is 1. The summed E-state index contributed by atoms with van der Waals surface area (Å²) < 4.78 is 6.68. The molecule has 7 heteroatoms. The Kier molecular flexibility index (Phi) is 2.41. The van der Waals surface area contributed by atoms with E-state index in [1.165, 1.54) is 4.57 Å². The van der Waals surface area contributed by atoms with Crippen LogP contribution in [0.15, 0.2) is 27.8 Å². The standard InChI is InChI=1S/C12H10N2O5/c15-9(16)4-6-5-19-8-3-1-2-7-10(8)14(6)12(18)11(17)13-7/h1-3,6H,4-5H2,(H,13,17)(H,15,16). The van der Waals surface area contributed by atoms with E-state index in [2.05, 4.69) is 4.98 Å². The maximum Gasteiger partial charge on any atom is 0.317 e. The number of nitrogens with one attached hydrogen (secondary N) is 1. The number of hydrogen-bond acceptors (Lipinski definition) is 4. The van der Waals surface area contributed by atoms with Gasteiger partial charge in [0, 0.05) is 0 Å². The monoisotopic (exact) mass is 262 g/mol. The van der Waals surface area contributed by atoms with Crippen LogP contribution in [0.5, 0.6) is 5.75 Å². The number of H-pyrrole nitrogens is 1. The van der Waals surface area contributed by atoms with Gasteiger partial charge in [0.05, 0.1) is 18.0 Å². The van der Waals surface area contributed by atoms with Crippen molar-refractivity contribution in [2.45, 2.75) is 12.5 Å². The summed E-state index contributed by atoms with van der Waals surface area (Å²) in [7, 11) is 0. The van der Waals surface area contributed by atoms with Crippen molar-refractivity contribution in [1.29, 1.82) is 0 Å². The van der Waals surface area contributed by atoms with Gasteiger partial charge in [-0.15, -0.1) is 0 Å². The topological polar surface area (TPSA) is 101 Å². The van der Waals surface area contributed by atoms with Crippen LogP contribution in [0.1, 0.15) is 12.5 Å². The number of ether oxygens (including phenoxy) is 1. The maximum atomic E-state index is 12.0. The molecule has 19 heavy (non-hydrogen) atoms. The third kappa shape index (κ3) is 1.70. The Balaban J connectivity index is 2.38. The number of carboxylic acid groups (broad SMARTS) is 1. The molecule has 0 spiro atoms. The number of hydrogen-bond donors (Lipinski definition) is 2. The Morgan fingerprint density at radius 3 is 3.00 bits per heavy atom. The number of carbonyl (C=O) groups is 1. The third-order valence-electron chi connectivity index (χ3n) is 3.11. The van der Waals surface area contributed by atoms with Crippen molar-refractivity contribution >= 4 is 17.0 Å². The molecule has 0 fully saturated rings. The van der Waals surface area contributed by atoms with Crippen molar-refractivity contribution in [3.63, 3.8) is 0 Å². The van der Waals surface area contributed by atoms with Crippen LogP contribution in [0.3, 0.4) is 0 Å². The molecule has 1 unspecified atom stereocenters. The van der Waals surface area contributed by atoms with Crippen LogP contribution in [0.25, 0.3) is 11.0 Å². The zero-order valence-corrected chi connectivity index (χ0v) is 9.75. The van der Waals surface area contributed by atoms with Gasteiger partial charge in [0.1, 0.15) is 17.9 Å². The smallest absolute Gasteiger partial charge is 0.317 e. The first-order valence-corrected chi connectivity index (χ1v) is 5.70. The first-order valence-electron chi connectivity index (χ1n) is 5.70. The molecule has 0 aliphatic carbocycles. The Bertz CT molecular complexity index is 789. The lowest BCUT2D eigenvalue weighted by Crippen LogP contribution is -2.42. The predicted molar refractivity (Wildman–Crippen MR) is 65.6 cm³/mol. The predicted octanol–water partition coefficient (Wildman–Crippen LogP) is 0.0980. The highest BCUT2D eigenvalue weighted by molar-refractivity contribution is 5.82. The minimum atomic E-state index is -1.05. The minimum Gasteiger partial charge on any atom is -0.489 e. The van der Waals surface area contributed by atoms with Crippen molar-refractivity contribution in [2.75, 3.05) is 6.61 Å². The van der Waals surface area contributed by atoms with E-state index in [1.807, 2.05) is 0 Å². The second-order valence-electron chi connectivity index (χ2n) is 4.34. The summed E-state index contributed by atoms with van der Waals surface area (Å²) in [5.74, 6) is -0.583. The van der Waals surface area contributed by atoms with Gasteiger partial charge in [-0.2, -0.15) is 0 Å². The van der Waals surface area contributed by atoms with Crippen LogP contribution < -0.4 is 15.9 Å². The average molecular weight is 262 g/mol. The van der Waals surface area contributed by atoms with Gasteiger partial charge in [-0.1, -0.05) is 6.07 Å². The molecule has 2 heterocycles. The summed E-state index contributed by atoms with van der Waals surface area (Å²) in [5, 5.41) is 8.87. The van der Waals surface area contributed by atoms with Gasteiger partial charge in [0.15, 0.2) is 0 Å². The SMILES string of the molecule is O=C(O)CC1COc2cccc3[nH]c(=O)c(=O)n1c23. The van der Waals surface area contributed by atoms with E-state index in [9.17, 15) is 14.4 Å². The van der Waals surface area contributed by atoms with Gasteiger partial charge in [-0.05, 0) is 12.1 Å². The van der Waals surface area contributed by atoms with Crippen LogP contribution in [0.2, 0.25) is 0 Å². The highest BCUT2D eigenvalue weighted by Gasteiger charge is 2.26. The van der Waals surface area contributed by atoms with Crippen LogP contribution in [-0.2, 0) is 4.79 Å². The van der Waals surface area contributed by atoms with Gasteiger partial charge in [0.2, 0.25) is 0 Å². The zero-order chi connectivity index (χ0) is 13.6. The summed E-state index contributed by atoms with van der Waals surface area (Å²) in [6, 6.07) is 4.33. The number of rotatable bonds is 2. The molecule has 98 valence electrons. The summed E-state index contributed by atoms with van der Waals surface area (Å²) in [4.78, 5) is 36.9. The van der Waals surface area contributed by atoms with Crippen molar-refractivity contribution in [3.05, 3.63) is 38.9 Å². The lowest BCUT2D eigenvalue weighted by atomic mass is 10.1. The Hall–Kier alpha value is -2.57. The fraction of sp³-hybridized carbons (Fsp3) is 0.250. The molecule has 2 aromatic rings. The number of benzene rings is 1. The first-order chi connectivity index (χ1) is 9.08. The molecule has 0 saturated heterocycles. The average Bonchev–Trinajstić information content (AvgIpc) is 2.36. The minimum absolute atomic E-state index is 0.0573. The molecule has 1 aromatic heterocycles. The highest BCUT2D eigenvalue weighted by Crippen LogP contribution is 2.30. The summed E-state index contributed by atoms with van der Waals surface area (Å²) in [6.07, 6.45) is -0.271. The fourth-order valence-electron chi connectivity index (χ4n) is 2.34. The highest BCUT2D eigenvalue weighted by atomic mass is 16.5. The largest absolute Gasteiger partial charge is 0.489 e. The molecule has 1 atom stereocenters. The number of aromatic nitrogens is 2. The van der Waals surface area contributed by atoms with E-state index in [0.717, 1.165) is 0 Å². The van der Waals surface area contributed by atoms with Crippen LogP contribution in [0, 0.1) is 0 Å². The van der Waals surface area contributed by atoms with E-state index >= 15 is 0 Å². The fourth-order valence-corrected chi connectivity index (χ4v) is 2.34. The quantitative estimate of drug-likeness (QED) is 0.747. The van der Waals surface area contributed by atoms with Gasteiger partial charge in [-0.25, -0.2) is 0 Å². The molecule has 0 amide bonds. The van der Waals surface area contributed by atoms with Gasteiger partial charge in [0.25, 0.3) is 0 Å². The molecular weight excluding hydrogens is 252 g/mol. The molecule has 1 aliphatic heterocycles. The van der Waals surface area contributed by atoms with Gasteiger partial charge in [-0.3, -0.25) is 19.0 Å². The first kappa shape index (κ1) is 11.5. The van der Waals surface area contributed by atoms with Crippen molar-refractivity contribution < 1.29 is 14.6 Å². The Morgan fingerprint density at radius 2 is 2.26 bits per heavy atom. The number of carboxylic acids is 1. The summed E-state index contributed by atoms with van der Waals surface area (Å²) in [5.41, 5.74) is -0.627. The Labute approximate surface area is 106 Å². The van der Waals surface area contributed by atoms with E-state index in [4.69, 9.17) is 9.84 Å². The Morgan fingerprint density at radius 1 is 1.47 bits per heavy atom. The van der Waals surface area contributed by atoms with Crippen molar-refractivity contribution in [2.24, 2.45) is 0 Å². The molecule has 0 saturated carbocycles. The molecule has 0 bridgehead atoms. The van der Waals surface area contributed by atoms with Gasteiger partial charge >= 0.3 is 17.1 Å². The zero-order valence-electron chi connectivity index (χ0n) is 9.75. The number of para-hydroxylation sites is 1. The molecule has 1 aromatic carbocycles. The van der Waals surface area contributed by atoms with Crippen LogP contribution in [-0.4, -0.2) is 27.2 Å².